The normalized spacial score (nSPS) is 10.8. The summed E-state index contributed by atoms with van der Waals surface area (Å²) >= 11 is 6.20. The minimum Gasteiger partial charge on any atom is -0.497 e. The molecule has 0 aliphatic carbocycles. The highest BCUT2D eigenvalue weighted by atomic mass is 35.5. The van der Waals surface area contributed by atoms with Crippen LogP contribution in [0.1, 0.15) is 31.8 Å². The van der Waals surface area contributed by atoms with Crippen LogP contribution < -0.4 is 21.3 Å². The summed E-state index contributed by atoms with van der Waals surface area (Å²) in [4.78, 5) is 50.9. The zero-order valence-corrected chi connectivity index (χ0v) is 21.2. The van der Waals surface area contributed by atoms with Gasteiger partial charge in [0, 0.05) is 19.2 Å². The van der Waals surface area contributed by atoms with Crippen LogP contribution >= 0.6 is 11.6 Å². The Balaban J connectivity index is 1.64. The number of esters is 1. The van der Waals surface area contributed by atoms with Gasteiger partial charge in [-0.3, -0.25) is 18.7 Å². The van der Waals surface area contributed by atoms with Gasteiger partial charge in [-0.25, -0.2) is 9.59 Å². The van der Waals surface area contributed by atoms with Crippen molar-refractivity contribution in [3.8, 4) is 5.75 Å². The first-order chi connectivity index (χ1) is 17.7. The number of methoxy groups -OCH3 is 2. The fourth-order valence-corrected chi connectivity index (χ4v) is 4.22. The summed E-state index contributed by atoms with van der Waals surface area (Å²) < 4.78 is 12.2. The lowest BCUT2D eigenvalue weighted by Gasteiger charge is -2.13. The number of benzene rings is 3. The molecule has 0 bridgehead atoms. The van der Waals surface area contributed by atoms with E-state index >= 15 is 0 Å². The number of carbonyl (C=O) groups excluding carboxylic acids is 2. The van der Waals surface area contributed by atoms with Crippen LogP contribution in [0.3, 0.4) is 0 Å². The van der Waals surface area contributed by atoms with E-state index in [2.05, 4.69) is 5.32 Å². The lowest BCUT2D eigenvalue weighted by molar-refractivity contribution is 0.0600. The number of ether oxygens (including phenoxy) is 2. The number of hydrogen-bond acceptors (Lipinski definition) is 6. The molecule has 0 saturated heterocycles. The van der Waals surface area contributed by atoms with E-state index in [0.717, 1.165) is 10.1 Å². The predicted molar refractivity (Wildman–Crippen MR) is 140 cm³/mol. The van der Waals surface area contributed by atoms with Crippen molar-refractivity contribution in [2.75, 3.05) is 14.2 Å². The van der Waals surface area contributed by atoms with Crippen molar-refractivity contribution in [3.63, 3.8) is 0 Å². The molecule has 0 radical (unpaired) electrons. The zero-order chi connectivity index (χ0) is 26.7. The van der Waals surface area contributed by atoms with Crippen molar-refractivity contribution < 1.29 is 19.1 Å². The second kappa shape index (κ2) is 10.7. The van der Waals surface area contributed by atoms with Gasteiger partial charge in [0.15, 0.2) is 0 Å². The van der Waals surface area contributed by atoms with Gasteiger partial charge < -0.3 is 14.8 Å². The van der Waals surface area contributed by atoms with Crippen LogP contribution in [0.5, 0.6) is 5.75 Å². The Morgan fingerprint density at radius 1 is 0.946 bits per heavy atom. The summed E-state index contributed by atoms with van der Waals surface area (Å²) in [5, 5.41) is 3.20. The molecule has 4 rings (SSSR count). The number of nitrogens with one attached hydrogen (secondary N) is 1. The van der Waals surface area contributed by atoms with Crippen LogP contribution in [0.2, 0.25) is 5.02 Å². The highest BCUT2D eigenvalue weighted by Gasteiger charge is 2.16. The minimum absolute atomic E-state index is 0.0729. The Bertz CT molecular complexity index is 1620. The average Bonchev–Trinajstić information content (AvgIpc) is 2.92. The number of amides is 1. The highest BCUT2D eigenvalue weighted by Crippen LogP contribution is 2.19. The third-order valence-corrected chi connectivity index (χ3v) is 6.32. The molecule has 0 fully saturated rings. The Kier molecular flexibility index (Phi) is 7.45. The summed E-state index contributed by atoms with van der Waals surface area (Å²) in [5.41, 5.74) is 1.22. The van der Waals surface area contributed by atoms with Crippen LogP contribution in [-0.2, 0) is 24.9 Å². The minimum atomic E-state index is -0.590. The number of aryl methyl sites for hydroxylation is 1. The second-order valence-corrected chi connectivity index (χ2v) is 8.71. The number of fused-ring (bicyclic) bond motifs is 1. The summed E-state index contributed by atoms with van der Waals surface area (Å²) in [5.74, 6) is -0.232. The number of rotatable bonds is 7. The van der Waals surface area contributed by atoms with E-state index in [1.807, 2.05) is 12.1 Å². The van der Waals surface area contributed by atoms with Crippen molar-refractivity contribution >= 4 is 34.4 Å². The lowest BCUT2D eigenvalue weighted by Crippen LogP contribution is -2.39. The Labute approximate surface area is 216 Å². The van der Waals surface area contributed by atoms with Crippen molar-refractivity contribution in [1.29, 1.82) is 0 Å². The molecule has 1 heterocycles. The van der Waals surface area contributed by atoms with Gasteiger partial charge >= 0.3 is 11.7 Å². The maximum absolute atomic E-state index is 13.3. The van der Waals surface area contributed by atoms with Crippen LogP contribution in [0.25, 0.3) is 10.9 Å². The molecular weight excluding hydrogens is 498 g/mol. The summed E-state index contributed by atoms with van der Waals surface area (Å²) in [6, 6.07) is 16.5. The zero-order valence-electron chi connectivity index (χ0n) is 20.4. The van der Waals surface area contributed by atoms with Crippen molar-refractivity contribution in [2.24, 2.45) is 7.05 Å². The van der Waals surface area contributed by atoms with Gasteiger partial charge in [0.05, 0.1) is 42.3 Å². The summed E-state index contributed by atoms with van der Waals surface area (Å²) in [7, 11) is 4.38. The topological polar surface area (TPSA) is 109 Å². The fraction of sp³-hybridized carbons (Fsp3) is 0.185. The molecule has 1 amide bonds. The molecule has 3 aromatic carbocycles. The van der Waals surface area contributed by atoms with Gasteiger partial charge in [-0.2, -0.15) is 0 Å². The molecule has 0 aliphatic rings. The Morgan fingerprint density at radius 3 is 2.30 bits per heavy atom. The maximum atomic E-state index is 13.3. The van der Waals surface area contributed by atoms with E-state index in [-0.39, 0.29) is 34.0 Å². The summed E-state index contributed by atoms with van der Waals surface area (Å²) in [6.07, 6.45) is 0. The molecule has 0 aliphatic heterocycles. The van der Waals surface area contributed by atoms with E-state index in [1.165, 1.54) is 29.9 Å². The largest absolute Gasteiger partial charge is 0.497 e. The van der Waals surface area contributed by atoms with E-state index in [0.29, 0.717) is 23.4 Å². The van der Waals surface area contributed by atoms with E-state index in [4.69, 9.17) is 21.1 Å². The summed E-state index contributed by atoms with van der Waals surface area (Å²) in [6.45, 7) is 0.219. The average molecular weight is 522 g/mol. The molecule has 4 aromatic rings. The number of halogens is 1. The van der Waals surface area contributed by atoms with Crippen molar-refractivity contribution in [3.05, 3.63) is 109 Å². The highest BCUT2D eigenvalue weighted by molar-refractivity contribution is 6.33. The molecule has 0 unspecified atom stereocenters. The SMILES string of the molecule is COC(=O)c1ccc(Cn2c(=O)c3cc(C(=O)NCc4ccc(OC)cc4)ccc3n(C)c2=O)cc1Cl. The molecule has 10 heteroatoms. The molecular formula is C27H24ClN3O6. The number of nitrogens with zero attached hydrogens (tertiary/aromatic N) is 2. The molecule has 9 nitrogen and oxygen atoms in total. The van der Waals surface area contributed by atoms with Gasteiger partial charge in [-0.05, 0) is 53.6 Å². The molecule has 0 atom stereocenters. The van der Waals surface area contributed by atoms with E-state index in [9.17, 15) is 19.2 Å². The third-order valence-electron chi connectivity index (χ3n) is 6.01. The first-order valence-corrected chi connectivity index (χ1v) is 11.6. The van der Waals surface area contributed by atoms with Crippen LogP contribution in [0.15, 0.2) is 70.3 Å². The lowest BCUT2D eigenvalue weighted by atomic mass is 10.1. The predicted octanol–water partition coefficient (Wildman–Crippen LogP) is 3.13. The third kappa shape index (κ3) is 5.26. The van der Waals surface area contributed by atoms with Gasteiger partial charge in [-0.1, -0.05) is 29.8 Å². The standard InChI is InChI=1S/C27H24ClN3O6/c1-30-23-11-7-18(24(32)29-14-16-4-8-19(36-2)9-5-16)13-21(23)25(33)31(27(30)35)15-17-6-10-20(22(28)12-17)26(34)37-3/h4-13H,14-15H2,1-3H3,(H,29,32). The van der Waals surface area contributed by atoms with Gasteiger partial charge in [0.2, 0.25) is 0 Å². The van der Waals surface area contributed by atoms with E-state index < -0.39 is 17.2 Å². The van der Waals surface area contributed by atoms with E-state index in [1.54, 1.807) is 44.5 Å². The van der Waals surface area contributed by atoms with Gasteiger partial charge in [0.25, 0.3) is 11.5 Å². The fourth-order valence-electron chi connectivity index (χ4n) is 3.94. The molecule has 37 heavy (non-hydrogen) atoms. The first kappa shape index (κ1) is 25.7. The molecule has 1 N–H and O–H groups in total. The van der Waals surface area contributed by atoms with Crippen LogP contribution in [0.4, 0.5) is 0 Å². The molecule has 0 saturated carbocycles. The number of aromatic nitrogens is 2. The second-order valence-electron chi connectivity index (χ2n) is 8.30. The number of carbonyl (C=O) groups is 2. The first-order valence-electron chi connectivity index (χ1n) is 11.2. The van der Waals surface area contributed by atoms with Gasteiger partial charge in [-0.15, -0.1) is 0 Å². The van der Waals surface area contributed by atoms with Crippen molar-refractivity contribution in [2.45, 2.75) is 13.1 Å². The van der Waals surface area contributed by atoms with Crippen molar-refractivity contribution in [1.82, 2.24) is 14.5 Å². The molecule has 1 aromatic heterocycles. The maximum Gasteiger partial charge on any atom is 0.339 e. The molecule has 190 valence electrons. The quantitative estimate of drug-likeness (QED) is 0.374. The Morgan fingerprint density at radius 2 is 1.65 bits per heavy atom. The number of hydrogen-bond donors (Lipinski definition) is 1. The molecule has 0 spiro atoms. The van der Waals surface area contributed by atoms with Crippen LogP contribution in [0, 0.1) is 0 Å². The van der Waals surface area contributed by atoms with Crippen LogP contribution in [-0.4, -0.2) is 35.2 Å². The van der Waals surface area contributed by atoms with Gasteiger partial charge in [0.1, 0.15) is 5.75 Å². The smallest absolute Gasteiger partial charge is 0.339 e. The Hall–Kier alpha value is -4.37. The monoisotopic (exact) mass is 521 g/mol.